The summed E-state index contributed by atoms with van der Waals surface area (Å²) in [6.45, 7) is 0. The molecule has 21 heavy (non-hydrogen) atoms. The molecule has 104 valence electrons. The monoisotopic (exact) mass is 426 g/mol. The van der Waals surface area contributed by atoms with Crippen LogP contribution in [-0.4, -0.2) is 9.97 Å². The molecule has 0 unspecified atom stereocenters. The first-order valence-electron chi connectivity index (χ1n) is 6.20. The molecule has 0 N–H and O–H groups in total. The molecule has 0 spiro atoms. The Morgan fingerprint density at radius 1 is 0.810 bits per heavy atom. The fourth-order valence-corrected chi connectivity index (χ4v) is 2.91. The van der Waals surface area contributed by atoms with E-state index >= 15 is 0 Å². The minimum absolute atomic E-state index is 0.430. The molecule has 0 aliphatic carbocycles. The number of hydrogen-bond acceptors (Lipinski definition) is 2. The summed E-state index contributed by atoms with van der Waals surface area (Å²) in [7, 11) is 0. The Labute approximate surface area is 146 Å². The van der Waals surface area contributed by atoms with Crippen LogP contribution in [-0.2, 0) is 0 Å². The lowest BCUT2D eigenvalue weighted by molar-refractivity contribution is 1.16. The summed E-state index contributed by atoms with van der Waals surface area (Å²) in [6, 6.07) is 17.4. The molecule has 2 aromatic carbocycles. The lowest BCUT2D eigenvalue weighted by Crippen LogP contribution is -1.97. The van der Waals surface area contributed by atoms with Gasteiger partial charge in [0.15, 0.2) is 5.82 Å². The van der Waals surface area contributed by atoms with Gasteiger partial charge in [0.2, 0.25) is 0 Å². The van der Waals surface area contributed by atoms with Crippen LogP contribution >= 0.6 is 45.8 Å². The molecule has 0 saturated heterocycles. The zero-order chi connectivity index (χ0) is 14.8. The molecule has 0 atom stereocenters. The van der Waals surface area contributed by atoms with Crippen LogP contribution in [0.5, 0.6) is 0 Å². The van der Waals surface area contributed by atoms with Gasteiger partial charge in [-0.3, -0.25) is 0 Å². The molecule has 0 fully saturated rings. The first kappa shape index (κ1) is 14.8. The van der Waals surface area contributed by atoms with Crippen molar-refractivity contribution in [3.63, 3.8) is 0 Å². The molecular formula is C16H9Cl2IN2. The van der Waals surface area contributed by atoms with Gasteiger partial charge >= 0.3 is 0 Å². The second kappa shape index (κ2) is 6.30. The van der Waals surface area contributed by atoms with Gasteiger partial charge in [0.05, 0.1) is 14.3 Å². The Hall–Kier alpha value is -1.17. The first-order chi connectivity index (χ1) is 10.2. The Morgan fingerprint density at radius 3 is 2.19 bits per heavy atom. The normalized spacial score (nSPS) is 10.6. The summed E-state index contributed by atoms with van der Waals surface area (Å²) in [5, 5.41) is 1.04. The number of benzene rings is 2. The Kier molecular flexibility index (Phi) is 4.42. The van der Waals surface area contributed by atoms with Gasteiger partial charge in [0.1, 0.15) is 5.15 Å². The van der Waals surface area contributed by atoms with Crippen LogP contribution in [0.3, 0.4) is 0 Å². The average Bonchev–Trinajstić information content (AvgIpc) is 2.51. The molecule has 0 saturated carbocycles. The summed E-state index contributed by atoms with van der Waals surface area (Å²) < 4.78 is 0.830. The molecule has 1 heterocycles. The van der Waals surface area contributed by atoms with Crippen molar-refractivity contribution in [2.75, 3.05) is 0 Å². The highest BCUT2D eigenvalue weighted by Gasteiger charge is 2.14. The van der Waals surface area contributed by atoms with Crippen LogP contribution < -0.4 is 0 Å². The van der Waals surface area contributed by atoms with Gasteiger partial charge in [0.25, 0.3) is 0 Å². The zero-order valence-electron chi connectivity index (χ0n) is 10.7. The van der Waals surface area contributed by atoms with Crippen LogP contribution in [0, 0.1) is 3.57 Å². The molecule has 0 aliphatic heterocycles. The first-order valence-corrected chi connectivity index (χ1v) is 8.03. The smallest absolute Gasteiger partial charge is 0.163 e. The van der Waals surface area contributed by atoms with E-state index in [1.807, 2.05) is 54.6 Å². The van der Waals surface area contributed by atoms with Crippen molar-refractivity contribution in [2.45, 2.75) is 0 Å². The maximum absolute atomic E-state index is 6.27. The molecule has 0 aliphatic rings. The SMILES string of the molecule is Clc1ccccc1-c1nc(Cl)c(I)c(-c2ccccc2)n1. The van der Waals surface area contributed by atoms with Gasteiger partial charge in [-0.05, 0) is 34.7 Å². The van der Waals surface area contributed by atoms with E-state index in [9.17, 15) is 0 Å². The second-order valence-electron chi connectivity index (χ2n) is 4.35. The molecule has 1 aromatic heterocycles. The molecule has 0 radical (unpaired) electrons. The second-order valence-corrected chi connectivity index (χ2v) is 6.19. The maximum Gasteiger partial charge on any atom is 0.163 e. The number of aromatic nitrogens is 2. The summed E-state index contributed by atoms with van der Waals surface area (Å²) in [6.07, 6.45) is 0. The van der Waals surface area contributed by atoms with Crippen LogP contribution in [0.4, 0.5) is 0 Å². The Bertz CT molecular complexity index is 792. The van der Waals surface area contributed by atoms with Crippen molar-refractivity contribution in [1.29, 1.82) is 0 Å². The number of halogens is 3. The minimum atomic E-state index is 0.430. The molecule has 0 amide bonds. The molecule has 3 rings (SSSR count). The predicted octanol–water partition coefficient (Wildman–Crippen LogP) is 5.72. The van der Waals surface area contributed by atoms with Crippen LogP contribution in [0.1, 0.15) is 0 Å². The van der Waals surface area contributed by atoms with E-state index in [0.29, 0.717) is 16.0 Å². The molecule has 3 aromatic rings. The van der Waals surface area contributed by atoms with Gasteiger partial charge in [-0.2, -0.15) is 0 Å². The molecule has 5 heteroatoms. The van der Waals surface area contributed by atoms with Crippen molar-refractivity contribution in [1.82, 2.24) is 9.97 Å². The lowest BCUT2D eigenvalue weighted by Gasteiger charge is -2.09. The van der Waals surface area contributed by atoms with Gasteiger partial charge in [-0.1, -0.05) is 65.7 Å². The van der Waals surface area contributed by atoms with Crippen molar-refractivity contribution >= 4 is 45.8 Å². The highest BCUT2D eigenvalue weighted by atomic mass is 127. The number of nitrogens with zero attached hydrogens (tertiary/aromatic N) is 2. The van der Waals surface area contributed by atoms with E-state index in [0.717, 1.165) is 20.4 Å². The largest absolute Gasteiger partial charge is 0.227 e. The van der Waals surface area contributed by atoms with Crippen LogP contribution in [0.15, 0.2) is 54.6 Å². The number of hydrogen-bond donors (Lipinski definition) is 0. The van der Waals surface area contributed by atoms with E-state index in [1.54, 1.807) is 0 Å². The highest BCUT2D eigenvalue weighted by Crippen LogP contribution is 2.32. The average molecular weight is 427 g/mol. The summed E-state index contributed by atoms with van der Waals surface area (Å²) in [5.41, 5.74) is 2.58. The number of rotatable bonds is 2. The Balaban J connectivity index is 2.22. The predicted molar refractivity (Wildman–Crippen MR) is 95.6 cm³/mol. The van der Waals surface area contributed by atoms with E-state index in [-0.39, 0.29) is 0 Å². The fraction of sp³-hybridized carbons (Fsp3) is 0. The maximum atomic E-state index is 6.27. The standard InChI is InChI=1S/C16H9Cl2IN2/c17-12-9-5-4-8-11(12)16-20-14(13(19)15(18)21-16)10-6-2-1-3-7-10/h1-9H. The highest BCUT2D eigenvalue weighted by molar-refractivity contribution is 14.1. The molecule has 2 nitrogen and oxygen atoms in total. The zero-order valence-corrected chi connectivity index (χ0v) is 14.4. The van der Waals surface area contributed by atoms with Crippen molar-refractivity contribution in [3.8, 4) is 22.6 Å². The Morgan fingerprint density at radius 2 is 1.48 bits per heavy atom. The van der Waals surface area contributed by atoms with Crippen LogP contribution in [0.25, 0.3) is 22.6 Å². The van der Waals surface area contributed by atoms with Crippen molar-refractivity contribution in [2.24, 2.45) is 0 Å². The van der Waals surface area contributed by atoms with Gasteiger partial charge in [0, 0.05) is 11.1 Å². The summed E-state index contributed by atoms with van der Waals surface area (Å²) in [4.78, 5) is 9.00. The van der Waals surface area contributed by atoms with Gasteiger partial charge in [-0.15, -0.1) is 0 Å². The fourth-order valence-electron chi connectivity index (χ4n) is 1.97. The lowest BCUT2D eigenvalue weighted by atomic mass is 10.1. The topological polar surface area (TPSA) is 25.8 Å². The van der Waals surface area contributed by atoms with E-state index in [2.05, 4.69) is 32.6 Å². The van der Waals surface area contributed by atoms with Gasteiger partial charge in [-0.25, -0.2) is 9.97 Å². The van der Waals surface area contributed by atoms with E-state index in [1.165, 1.54) is 0 Å². The molecule has 0 bridgehead atoms. The molecular weight excluding hydrogens is 418 g/mol. The third kappa shape index (κ3) is 3.05. The quantitative estimate of drug-likeness (QED) is 0.386. The third-order valence-corrected chi connectivity index (χ3v) is 4.92. The summed E-state index contributed by atoms with van der Waals surface area (Å²) >= 11 is 14.7. The van der Waals surface area contributed by atoms with Gasteiger partial charge < -0.3 is 0 Å². The summed E-state index contributed by atoms with van der Waals surface area (Å²) in [5.74, 6) is 0.532. The van der Waals surface area contributed by atoms with Crippen molar-refractivity contribution in [3.05, 3.63) is 68.3 Å². The van der Waals surface area contributed by atoms with Crippen molar-refractivity contribution < 1.29 is 0 Å². The van der Waals surface area contributed by atoms with E-state index in [4.69, 9.17) is 23.2 Å². The third-order valence-electron chi connectivity index (χ3n) is 2.97. The van der Waals surface area contributed by atoms with E-state index < -0.39 is 0 Å². The van der Waals surface area contributed by atoms with Crippen LogP contribution in [0.2, 0.25) is 10.2 Å². The minimum Gasteiger partial charge on any atom is -0.227 e.